The molecule has 1 aliphatic rings. The summed E-state index contributed by atoms with van der Waals surface area (Å²) in [5.74, 6) is 0.220. The highest BCUT2D eigenvalue weighted by molar-refractivity contribution is 7.16. The zero-order chi connectivity index (χ0) is 21.6. The summed E-state index contributed by atoms with van der Waals surface area (Å²) in [6, 6.07) is 17.0. The van der Waals surface area contributed by atoms with Crippen LogP contribution >= 0.6 is 11.3 Å². The van der Waals surface area contributed by atoms with Crippen molar-refractivity contribution in [2.75, 3.05) is 19.0 Å². The minimum Gasteiger partial charge on any atom is -0.497 e. The molecule has 0 saturated heterocycles. The van der Waals surface area contributed by atoms with Crippen molar-refractivity contribution < 1.29 is 14.3 Å². The van der Waals surface area contributed by atoms with Crippen LogP contribution < -0.4 is 15.4 Å². The summed E-state index contributed by atoms with van der Waals surface area (Å²) >= 11 is 1.46. The zero-order valence-electron chi connectivity index (χ0n) is 17.4. The maximum atomic E-state index is 12.8. The van der Waals surface area contributed by atoms with Gasteiger partial charge >= 0.3 is 0 Å². The van der Waals surface area contributed by atoms with E-state index in [1.807, 2.05) is 18.2 Å². The van der Waals surface area contributed by atoms with Crippen molar-refractivity contribution in [3.05, 3.63) is 76.3 Å². The molecule has 1 atom stereocenters. The second-order valence-electron chi connectivity index (χ2n) is 7.48. The molecule has 7 heteroatoms. The molecule has 0 fully saturated rings. The number of nitrogens with zero attached hydrogens (tertiary/aromatic N) is 1. The number of carbonyl (C=O) groups excluding carboxylic acids is 2. The molecule has 0 aliphatic heterocycles. The molecule has 160 valence electrons. The summed E-state index contributed by atoms with van der Waals surface area (Å²) in [4.78, 5) is 31.1. The van der Waals surface area contributed by atoms with E-state index in [-0.39, 0.29) is 17.7 Å². The minimum atomic E-state index is -0.262. The summed E-state index contributed by atoms with van der Waals surface area (Å²) in [5.41, 5.74) is 2.53. The quantitative estimate of drug-likeness (QED) is 0.583. The van der Waals surface area contributed by atoms with Crippen molar-refractivity contribution >= 4 is 28.3 Å². The number of nitrogens with one attached hydrogen (secondary N) is 2. The van der Waals surface area contributed by atoms with Crippen LogP contribution in [0.15, 0.2) is 54.6 Å². The first-order valence-electron chi connectivity index (χ1n) is 10.4. The van der Waals surface area contributed by atoms with Gasteiger partial charge in [0.05, 0.1) is 18.7 Å². The van der Waals surface area contributed by atoms with Gasteiger partial charge in [-0.25, -0.2) is 4.98 Å². The number of anilines is 1. The average Bonchev–Trinajstić information content (AvgIpc) is 3.22. The van der Waals surface area contributed by atoms with E-state index in [1.54, 1.807) is 31.4 Å². The van der Waals surface area contributed by atoms with Crippen molar-refractivity contribution in [1.82, 2.24) is 10.3 Å². The molecule has 2 aromatic carbocycles. The van der Waals surface area contributed by atoms with Gasteiger partial charge in [-0.1, -0.05) is 30.3 Å². The van der Waals surface area contributed by atoms with Crippen LogP contribution in [0.4, 0.5) is 5.13 Å². The fourth-order valence-corrected chi connectivity index (χ4v) is 4.80. The van der Waals surface area contributed by atoms with Gasteiger partial charge in [-0.15, -0.1) is 11.3 Å². The first kappa shape index (κ1) is 21.1. The van der Waals surface area contributed by atoms with E-state index in [1.165, 1.54) is 16.9 Å². The second kappa shape index (κ2) is 9.75. The Morgan fingerprint density at radius 2 is 1.90 bits per heavy atom. The minimum absolute atomic E-state index is 0.00946. The monoisotopic (exact) mass is 435 g/mol. The van der Waals surface area contributed by atoms with Crippen LogP contribution in [-0.2, 0) is 17.6 Å². The van der Waals surface area contributed by atoms with Gasteiger partial charge in [-0.3, -0.25) is 14.9 Å². The molecule has 3 aromatic rings. The van der Waals surface area contributed by atoms with E-state index >= 15 is 0 Å². The zero-order valence-corrected chi connectivity index (χ0v) is 18.2. The number of hydrogen-bond acceptors (Lipinski definition) is 5. The van der Waals surface area contributed by atoms with Crippen molar-refractivity contribution in [2.24, 2.45) is 0 Å². The predicted octanol–water partition coefficient (Wildman–Crippen LogP) is 4.18. The number of rotatable bonds is 7. The van der Waals surface area contributed by atoms with Crippen LogP contribution in [0.5, 0.6) is 5.75 Å². The number of carbonyl (C=O) groups is 2. The van der Waals surface area contributed by atoms with E-state index < -0.39 is 0 Å². The van der Waals surface area contributed by atoms with E-state index in [4.69, 9.17) is 4.74 Å². The van der Waals surface area contributed by atoms with E-state index in [0.717, 1.165) is 36.3 Å². The smallest absolute Gasteiger partial charge is 0.257 e. The molecule has 1 aromatic heterocycles. The number of thiazole rings is 1. The molecule has 2 N–H and O–H groups in total. The third-order valence-electron chi connectivity index (χ3n) is 5.40. The number of fused-ring (bicyclic) bond motifs is 1. The molecule has 1 aliphatic carbocycles. The topological polar surface area (TPSA) is 80.3 Å². The standard InChI is InChI=1S/C24H25N3O3S/c1-30-18-12-10-17(11-13-18)22(28)27-24-26-21-19(8-5-9-20(21)31-24)23(29)25-15-14-16-6-3-2-4-7-16/h2-4,6-7,10-13,19H,5,8-9,14-15H2,1H3,(H,25,29)(H,26,27,28)/t19-/m0/s1. The molecule has 2 amide bonds. The molecule has 0 saturated carbocycles. The molecule has 0 unspecified atom stereocenters. The van der Waals surface area contributed by atoms with Crippen LogP contribution in [0.2, 0.25) is 0 Å². The summed E-state index contributed by atoms with van der Waals surface area (Å²) in [7, 11) is 1.59. The van der Waals surface area contributed by atoms with Gasteiger partial charge in [0.25, 0.3) is 5.91 Å². The Balaban J connectivity index is 1.39. The van der Waals surface area contributed by atoms with Gasteiger partial charge in [-0.2, -0.15) is 0 Å². The summed E-state index contributed by atoms with van der Waals surface area (Å²) in [6.45, 7) is 0.597. The van der Waals surface area contributed by atoms with Crippen LogP contribution in [0.25, 0.3) is 0 Å². The van der Waals surface area contributed by atoms with E-state index in [9.17, 15) is 9.59 Å². The first-order chi connectivity index (χ1) is 15.1. The van der Waals surface area contributed by atoms with Gasteiger partial charge in [-0.05, 0) is 55.5 Å². The van der Waals surface area contributed by atoms with Gasteiger partial charge in [0.1, 0.15) is 5.75 Å². The molecule has 0 bridgehead atoms. The number of amides is 2. The van der Waals surface area contributed by atoms with E-state index in [0.29, 0.717) is 23.0 Å². The van der Waals surface area contributed by atoms with Crippen LogP contribution in [0.1, 0.15) is 45.3 Å². The molecule has 31 heavy (non-hydrogen) atoms. The summed E-state index contributed by atoms with van der Waals surface area (Å²) < 4.78 is 5.13. The molecule has 0 radical (unpaired) electrons. The Morgan fingerprint density at radius 1 is 1.13 bits per heavy atom. The SMILES string of the molecule is COc1ccc(C(=O)Nc2nc3c(s2)CCC[C@@H]3C(=O)NCCc2ccccc2)cc1. The Hall–Kier alpha value is -3.19. The highest BCUT2D eigenvalue weighted by Gasteiger charge is 2.30. The fourth-order valence-electron chi connectivity index (χ4n) is 3.74. The number of hydrogen-bond donors (Lipinski definition) is 2. The van der Waals surface area contributed by atoms with Crippen molar-refractivity contribution in [1.29, 1.82) is 0 Å². The second-order valence-corrected chi connectivity index (χ2v) is 8.57. The third kappa shape index (κ3) is 5.11. The maximum absolute atomic E-state index is 12.8. The van der Waals surface area contributed by atoms with Crippen LogP contribution in [0.3, 0.4) is 0 Å². The lowest BCUT2D eigenvalue weighted by molar-refractivity contribution is -0.122. The average molecular weight is 436 g/mol. The lowest BCUT2D eigenvalue weighted by Crippen LogP contribution is -2.32. The number of ether oxygens (including phenoxy) is 1. The Labute approximate surface area is 185 Å². The molecule has 6 nitrogen and oxygen atoms in total. The number of aromatic nitrogens is 1. The summed E-state index contributed by atoms with van der Waals surface area (Å²) in [5, 5.41) is 6.46. The molecular formula is C24H25N3O3S. The summed E-state index contributed by atoms with van der Waals surface area (Å²) in [6.07, 6.45) is 3.41. The lowest BCUT2D eigenvalue weighted by atomic mass is 9.90. The van der Waals surface area contributed by atoms with Gasteiger partial charge in [0.15, 0.2) is 5.13 Å². The highest BCUT2D eigenvalue weighted by Crippen LogP contribution is 2.37. The molecule has 0 spiro atoms. The normalized spacial score (nSPS) is 15.1. The Bertz CT molecular complexity index is 1050. The van der Waals surface area contributed by atoms with Crippen molar-refractivity contribution in [2.45, 2.75) is 31.6 Å². The maximum Gasteiger partial charge on any atom is 0.257 e. The Kier molecular flexibility index (Phi) is 6.62. The van der Waals surface area contributed by atoms with Gasteiger partial charge in [0.2, 0.25) is 5.91 Å². The van der Waals surface area contributed by atoms with Crippen LogP contribution in [-0.4, -0.2) is 30.5 Å². The molecule has 4 rings (SSSR count). The predicted molar refractivity (Wildman–Crippen MR) is 122 cm³/mol. The van der Waals surface area contributed by atoms with Crippen LogP contribution in [0, 0.1) is 0 Å². The Morgan fingerprint density at radius 3 is 2.65 bits per heavy atom. The molecule has 1 heterocycles. The number of methoxy groups -OCH3 is 1. The number of benzene rings is 2. The van der Waals surface area contributed by atoms with Gasteiger partial charge in [0, 0.05) is 17.0 Å². The van der Waals surface area contributed by atoms with Crippen molar-refractivity contribution in [3.63, 3.8) is 0 Å². The van der Waals surface area contributed by atoms with Gasteiger partial charge < -0.3 is 10.1 Å². The lowest BCUT2D eigenvalue weighted by Gasteiger charge is -2.20. The highest BCUT2D eigenvalue weighted by atomic mass is 32.1. The largest absolute Gasteiger partial charge is 0.497 e. The van der Waals surface area contributed by atoms with E-state index in [2.05, 4.69) is 27.8 Å². The van der Waals surface area contributed by atoms with Crippen molar-refractivity contribution in [3.8, 4) is 5.75 Å². The fraction of sp³-hybridized carbons (Fsp3) is 0.292. The first-order valence-corrected chi connectivity index (χ1v) is 11.2. The molecular weight excluding hydrogens is 410 g/mol. The number of aryl methyl sites for hydroxylation is 1. The third-order valence-corrected chi connectivity index (χ3v) is 6.45.